The Labute approximate surface area is 133 Å². The summed E-state index contributed by atoms with van der Waals surface area (Å²) in [4.78, 5) is 14.4. The zero-order valence-electron chi connectivity index (χ0n) is 12.2. The molecule has 0 spiro atoms. The fourth-order valence-corrected chi connectivity index (χ4v) is 2.93. The van der Waals surface area contributed by atoms with Gasteiger partial charge in [0.1, 0.15) is 10.9 Å². The Balaban J connectivity index is 1.97. The maximum atomic E-state index is 5.73. The van der Waals surface area contributed by atoms with E-state index in [1.54, 1.807) is 24.2 Å². The molecule has 0 unspecified atom stereocenters. The number of aryl methyl sites for hydroxylation is 1. The molecule has 0 saturated carbocycles. The number of anilines is 1. The van der Waals surface area contributed by atoms with Crippen LogP contribution in [0.1, 0.15) is 12.7 Å². The fourth-order valence-electron chi connectivity index (χ4n) is 2.03. The highest BCUT2D eigenvalue weighted by Gasteiger charge is 2.10. The lowest BCUT2D eigenvalue weighted by molar-refractivity contribution is 0.939. The molecule has 4 nitrogen and oxygen atoms in total. The lowest BCUT2D eigenvalue weighted by atomic mass is 10.2. The van der Waals surface area contributed by atoms with E-state index < -0.39 is 0 Å². The van der Waals surface area contributed by atoms with Crippen molar-refractivity contribution in [3.05, 3.63) is 60.7 Å². The minimum Gasteiger partial charge on any atom is -0.399 e. The zero-order valence-corrected chi connectivity index (χ0v) is 13.0. The molecule has 3 rings (SSSR count). The average molecular weight is 308 g/mol. The minimum atomic E-state index is 0.758. The van der Waals surface area contributed by atoms with E-state index in [0.29, 0.717) is 0 Å². The van der Waals surface area contributed by atoms with Crippen molar-refractivity contribution in [3.63, 3.8) is 0 Å². The molecule has 5 heteroatoms. The summed E-state index contributed by atoms with van der Waals surface area (Å²) in [5.74, 6) is 0.838. The average Bonchev–Trinajstić information content (AvgIpc) is 2.57. The molecule has 110 valence electrons. The number of nitrogens with two attached hydrogens (primary N) is 1. The number of nitrogens with zero attached hydrogens (tertiary/aromatic N) is 3. The number of aromatic nitrogens is 3. The Bertz CT molecular complexity index is 772. The first kappa shape index (κ1) is 14.5. The van der Waals surface area contributed by atoms with Gasteiger partial charge in [-0.15, -0.1) is 0 Å². The van der Waals surface area contributed by atoms with Gasteiger partial charge < -0.3 is 5.73 Å². The van der Waals surface area contributed by atoms with Crippen LogP contribution in [0.15, 0.2) is 64.8 Å². The van der Waals surface area contributed by atoms with Gasteiger partial charge in [0.25, 0.3) is 0 Å². The second-order valence-corrected chi connectivity index (χ2v) is 5.80. The van der Waals surface area contributed by atoms with Gasteiger partial charge in [-0.2, -0.15) is 0 Å². The smallest absolute Gasteiger partial charge is 0.128 e. The standard InChI is InChI=1S/C17H16N4S/c1-2-16-19-11-9-15(21-16)14-4-3-10-20-17(14)22-13-7-5-12(18)6-8-13/h3-11H,2,18H2,1H3. The van der Waals surface area contributed by atoms with Crippen LogP contribution in [0.3, 0.4) is 0 Å². The number of nitrogen functional groups attached to an aromatic ring is 1. The van der Waals surface area contributed by atoms with Gasteiger partial charge in [0, 0.05) is 35.0 Å². The van der Waals surface area contributed by atoms with Crippen LogP contribution in [0, 0.1) is 0 Å². The third-order valence-electron chi connectivity index (χ3n) is 3.16. The van der Waals surface area contributed by atoms with E-state index in [4.69, 9.17) is 5.73 Å². The first-order chi connectivity index (χ1) is 10.8. The SMILES string of the molecule is CCc1nccc(-c2cccnc2Sc2ccc(N)cc2)n1. The highest BCUT2D eigenvalue weighted by molar-refractivity contribution is 7.99. The molecule has 0 aliphatic rings. The first-order valence-electron chi connectivity index (χ1n) is 7.07. The van der Waals surface area contributed by atoms with Crippen molar-refractivity contribution in [3.8, 4) is 11.3 Å². The van der Waals surface area contributed by atoms with Gasteiger partial charge in [-0.3, -0.25) is 0 Å². The van der Waals surface area contributed by atoms with E-state index in [-0.39, 0.29) is 0 Å². The molecule has 0 aliphatic carbocycles. The molecule has 0 amide bonds. The van der Waals surface area contributed by atoms with Crippen LogP contribution in [0.5, 0.6) is 0 Å². The highest BCUT2D eigenvalue weighted by atomic mass is 32.2. The molecular weight excluding hydrogens is 292 g/mol. The molecular formula is C17H16N4S. The fraction of sp³-hybridized carbons (Fsp3) is 0.118. The molecule has 0 bridgehead atoms. The van der Waals surface area contributed by atoms with Crippen molar-refractivity contribution >= 4 is 17.4 Å². The second kappa shape index (κ2) is 6.58. The Kier molecular flexibility index (Phi) is 4.34. The molecule has 2 N–H and O–H groups in total. The molecule has 0 radical (unpaired) electrons. The summed E-state index contributed by atoms with van der Waals surface area (Å²) in [6, 6.07) is 13.7. The van der Waals surface area contributed by atoms with Crippen molar-refractivity contribution in [2.24, 2.45) is 0 Å². The van der Waals surface area contributed by atoms with E-state index >= 15 is 0 Å². The van der Waals surface area contributed by atoms with E-state index in [1.165, 1.54) is 0 Å². The molecule has 22 heavy (non-hydrogen) atoms. The Morgan fingerprint density at radius 1 is 1.00 bits per heavy atom. The number of benzene rings is 1. The number of pyridine rings is 1. The van der Waals surface area contributed by atoms with Gasteiger partial charge >= 0.3 is 0 Å². The number of rotatable bonds is 4. The molecule has 0 aliphatic heterocycles. The summed E-state index contributed by atoms with van der Waals surface area (Å²) in [7, 11) is 0. The molecule has 0 atom stereocenters. The maximum absolute atomic E-state index is 5.73. The predicted molar refractivity (Wildman–Crippen MR) is 89.6 cm³/mol. The Hall–Kier alpha value is -2.40. The van der Waals surface area contributed by atoms with Gasteiger partial charge in [-0.1, -0.05) is 18.7 Å². The third-order valence-corrected chi connectivity index (χ3v) is 4.19. The van der Waals surface area contributed by atoms with Gasteiger partial charge in [-0.25, -0.2) is 15.0 Å². The zero-order chi connectivity index (χ0) is 15.4. The largest absolute Gasteiger partial charge is 0.399 e. The van der Waals surface area contributed by atoms with Gasteiger partial charge in [0.2, 0.25) is 0 Å². The predicted octanol–water partition coefficient (Wildman–Crippen LogP) is 3.83. The van der Waals surface area contributed by atoms with Crippen molar-refractivity contribution < 1.29 is 0 Å². The topological polar surface area (TPSA) is 64.7 Å². The molecule has 2 aromatic heterocycles. The van der Waals surface area contributed by atoms with Crippen LogP contribution in [-0.2, 0) is 6.42 Å². The Morgan fingerprint density at radius 3 is 2.59 bits per heavy atom. The molecule has 3 aromatic rings. The highest BCUT2D eigenvalue weighted by Crippen LogP contribution is 2.33. The second-order valence-electron chi connectivity index (χ2n) is 4.74. The summed E-state index contributed by atoms with van der Waals surface area (Å²) in [6.07, 6.45) is 4.41. The van der Waals surface area contributed by atoms with E-state index in [2.05, 4.69) is 15.0 Å². The summed E-state index contributed by atoms with van der Waals surface area (Å²) in [5.41, 5.74) is 8.41. The van der Waals surface area contributed by atoms with Crippen LogP contribution < -0.4 is 5.73 Å². The van der Waals surface area contributed by atoms with Crippen LogP contribution in [0.25, 0.3) is 11.3 Å². The summed E-state index contributed by atoms with van der Waals surface area (Å²) >= 11 is 1.60. The molecule has 0 fully saturated rings. The van der Waals surface area contributed by atoms with Gasteiger partial charge in [0.15, 0.2) is 0 Å². The van der Waals surface area contributed by atoms with Crippen molar-refractivity contribution in [2.45, 2.75) is 23.3 Å². The third kappa shape index (κ3) is 3.26. The van der Waals surface area contributed by atoms with E-state index in [0.717, 1.165) is 39.1 Å². The summed E-state index contributed by atoms with van der Waals surface area (Å²) in [5, 5.41) is 0.924. The van der Waals surface area contributed by atoms with Crippen molar-refractivity contribution in [2.75, 3.05) is 5.73 Å². The van der Waals surface area contributed by atoms with Crippen LogP contribution in [0.2, 0.25) is 0 Å². The Morgan fingerprint density at radius 2 is 1.82 bits per heavy atom. The normalized spacial score (nSPS) is 10.6. The molecule has 0 saturated heterocycles. The molecule has 2 heterocycles. The van der Waals surface area contributed by atoms with Gasteiger partial charge in [-0.05, 0) is 42.5 Å². The lowest BCUT2D eigenvalue weighted by Crippen LogP contribution is -1.95. The van der Waals surface area contributed by atoms with E-state index in [1.807, 2.05) is 49.4 Å². The minimum absolute atomic E-state index is 0.758. The van der Waals surface area contributed by atoms with Crippen molar-refractivity contribution in [1.29, 1.82) is 0 Å². The summed E-state index contributed by atoms with van der Waals surface area (Å²) < 4.78 is 0. The number of hydrogen-bond acceptors (Lipinski definition) is 5. The van der Waals surface area contributed by atoms with Crippen LogP contribution in [0.4, 0.5) is 5.69 Å². The quantitative estimate of drug-likeness (QED) is 0.742. The monoisotopic (exact) mass is 308 g/mol. The molecule has 1 aromatic carbocycles. The maximum Gasteiger partial charge on any atom is 0.128 e. The summed E-state index contributed by atoms with van der Waals surface area (Å²) in [6.45, 7) is 2.05. The van der Waals surface area contributed by atoms with Crippen molar-refractivity contribution in [1.82, 2.24) is 15.0 Å². The number of hydrogen-bond donors (Lipinski definition) is 1. The lowest BCUT2D eigenvalue weighted by Gasteiger charge is -2.08. The first-order valence-corrected chi connectivity index (χ1v) is 7.88. The van der Waals surface area contributed by atoms with Crippen LogP contribution in [-0.4, -0.2) is 15.0 Å². The van der Waals surface area contributed by atoms with Gasteiger partial charge in [0.05, 0.1) is 5.69 Å². The van der Waals surface area contributed by atoms with E-state index in [9.17, 15) is 0 Å². The van der Waals surface area contributed by atoms with Crippen LogP contribution >= 0.6 is 11.8 Å².